The van der Waals surface area contributed by atoms with Gasteiger partial charge in [-0.3, -0.25) is 4.79 Å². The minimum Gasteiger partial charge on any atom is -0.444 e. The van der Waals surface area contributed by atoms with Gasteiger partial charge in [0.25, 0.3) is 0 Å². The summed E-state index contributed by atoms with van der Waals surface area (Å²) in [7, 11) is 3.91. The van der Waals surface area contributed by atoms with Crippen LogP contribution in [-0.4, -0.2) is 37.7 Å². The van der Waals surface area contributed by atoms with Gasteiger partial charge in [-0.25, -0.2) is 4.79 Å². The van der Waals surface area contributed by atoms with Crippen molar-refractivity contribution in [3.63, 3.8) is 0 Å². The van der Waals surface area contributed by atoms with Gasteiger partial charge in [-0.2, -0.15) is 0 Å². The van der Waals surface area contributed by atoms with Gasteiger partial charge >= 0.3 is 6.09 Å². The Hall–Kier alpha value is -2.24. The summed E-state index contributed by atoms with van der Waals surface area (Å²) in [4.78, 5) is 26.7. The van der Waals surface area contributed by atoms with Crippen molar-refractivity contribution in [1.29, 1.82) is 0 Å². The lowest BCUT2D eigenvalue weighted by Crippen LogP contribution is -2.49. The third-order valence-corrected chi connectivity index (χ3v) is 3.82. The van der Waals surface area contributed by atoms with Crippen molar-refractivity contribution >= 4 is 23.4 Å². The smallest absolute Gasteiger partial charge is 0.408 e. The van der Waals surface area contributed by atoms with Crippen LogP contribution >= 0.6 is 0 Å². The first-order chi connectivity index (χ1) is 11.5. The van der Waals surface area contributed by atoms with Crippen molar-refractivity contribution < 1.29 is 14.3 Å². The number of nitrogens with one attached hydrogen (secondary N) is 2. The lowest BCUT2D eigenvalue weighted by molar-refractivity contribution is -0.119. The first-order valence-electron chi connectivity index (χ1n) is 8.61. The molecule has 6 nitrogen and oxygen atoms in total. The number of nitrogens with zero attached hydrogens (tertiary/aromatic N) is 1. The van der Waals surface area contributed by atoms with E-state index in [0.717, 1.165) is 12.1 Å². The van der Waals surface area contributed by atoms with E-state index in [1.165, 1.54) is 0 Å². The van der Waals surface area contributed by atoms with E-state index < -0.39 is 17.7 Å². The number of ether oxygens (including phenoxy) is 1. The van der Waals surface area contributed by atoms with E-state index in [9.17, 15) is 9.59 Å². The molecule has 0 bridgehead atoms. The van der Waals surface area contributed by atoms with Crippen LogP contribution in [0.5, 0.6) is 0 Å². The lowest BCUT2D eigenvalue weighted by atomic mass is 9.98. The molecule has 0 spiro atoms. The molecule has 0 aliphatic heterocycles. The number of carbonyl (C=O) groups is 2. The van der Waals surface area contributed by atoms with Gasteiger partial charge < -0.3 is 20.3 Å². The molecule has 0 saturated heterocycles. The van der Waals surface area contributed by atoms with Crippen molar-refractivity contribution in [3.05, 3.63) is 24.3 Å². The molecule has 25 heavy (non-hydrogen) atoms. The number of anilines is 2. The van der Waals surface area contributed by atoms with E-state index in [-0.39, 0.29) is 11.8 Å². The molecule has 0 aromatic heterocycles. The van der Waals surface area contributed by atoms with Gasteiger partial charge in [-0.1, -0.05) is 20.3 Å². The Morgan fingerprint density at radius 3 is 2.16 bits per heavy atom. The van der Waals surface area contributed by atoms with E-state index in [2.05, 4.69) is 10.6 Å². The van der Waals surface area contributed by atoms with Crippen LogP contribution < -0.4 is 15.5 Å². The standard InChI is InChI=1S/C19H31N3O3/c1-8-13(2)16(21-18(24)25-19(3,4)5)17(23)20-14-9-11-15(12-10-14)22(6)7/h9-13,16H,8H2,1-7H3,(H,20,23)(H,21,24). The zero-order valence-electron chi connectivity index (χ0n) is 16.3. The monoisotopic (exact) mass is 349 g/mol. The maximum absolute atomic E-state index is 12.6. The van der Waals surface area contributed by atoms with Crippen LogP contribution in [0.25, 0.3) is 0 Å². The number of rotatable bonds is 6. The number of hydrogen-bond acceptors (Lipinski definition) is 4. The van der Waals surface area contributed by atoms with Gasteiger partial charge in [0.2, 0.25) is 5.91 Å². The predicted octanol–water partition coefficient (Wildman–Crippen LogP) is 3.63. The molecule has 0 fully saturated rings. The molecular weight excluding hydrogens is 318 g/mol. The molecule has 6 heteroatoms. The number of carbonyl (C=O) groups excluding carboxylic acids is 2. The maximum atomic E-state index is 12.6. The Bertz CT molecular complexity index is 577. The predicted molar refractivity (Wildman–Crippen MR) is 102 cm³/mol. The highest BCUT2D eigenvalue weighted by molar-refractivity contribution is 5.96. The number of amides is 2. The minimum atomic E-state index is -0.659. The fourth-order valence-electron chi connectivity index (χ4n) is 2.20. The zero-order chi connectivity index (χ0) is 19.2. The summed E-state index contributed by atoms with van der Waals surface area (Å²) < 4.78 is 5.27. The van der Waals surface area contributed by atoms with Gasteiger partial charge in [0, 0.05) is 25.5 Å². The SMILES string of the molecule is CCC(C)C(NC(=O)OC(C)(C)C)C(=O)Nc1ccc(N(C)C)cc1. The molecular formula is C19H31N3O3. The topological polar surface area (TPSA) is 70.7 Å². The molecule has 0 radical (unpaired) electrons. The molecule has 1 aromatic rings. The van der Waals surface area contributed by atoms with Crippen molar-refractivity contribution in [1.82, 2.24) is 5.32 Å². The highest BCUT2D eigenvalue weighted by atomic mass is 16.6. The van der Waals surface area contributed by atoms with E-state index in [1.54, 1.807) is 20.8 Å². The zero-order valence-corrected chi connectivity index (χ0v) is 16.3. The quantitative estimate of drug-likeness (QED) is 0.823. The van der Waals surface area contributed by atoms with Crippen molar-refractivity contribution in [2.24, 2.45) is 5.92 Å². The second-order valence-electron chi connectivity index (χ2n) is 7.44. The van der Waals surface area contributed by atoms with Crippen molar-refractivity contribution in [2.45, 2.75) is 52.7 Å². The van der Waals surface area contributed by atoms with E-state index in [1.807, 2.05) is 57.1 Å². The van der Waals surface area contributed by atoms with Crippen LogP contribution in [0.1, 0.15) is 41.0 Å². The van der Waals surface area contributed by atoms with E-state index in [4.69, 9.17) is 4.74 Å². The molecule has 2 amide bonds. The van der Waals surface area contributed by atoms with Crippen molar-refractivity contribution in [3.8, 4) is 0 Å². The first kappa shape index (κ1) is 20.8. The van der Waals surface area contributed by atoms with Crippen LogP contribution in [0.3, 0.4) is 0 Å². The molecule has 2 unspecified atom stereocenters. The molecule has 0 aliphatic carbocycles. The lowest BCUT2D eigenvalue weighted by Gasteiger charge is -2.26. The second kappa shape index (κ2) is 8.74. The summed E-state index contributed by atoms with van der Waals surface area (Å²) in [5.41, 5.74) is 1.13. The van der Waals surface area contributed by atoms with E-state index in [0.29, 0.717) is 5.69 Å². The maximum Gasteiger partial charge on any atom is 0.408 e. The molecule has 0 heterocycles. The highest BCUT2D eigenvalue weighted by Gasteiger charge is 2.28. The number of hydrogen-bond donors (Lipinski definition) is 2. The second-order valence-corrected chi connectivity index (χ2v) is 7.44. The molecule has 2 N–H and O–H groups in total. The fourth-order valence-corrected chi connectivity index (χ4v) is 2.20. The summed E-state index contributed by atoms with van der Waals surface area (Å²) in [5.74, 6) is -0.272. The fraction of sp³-hybridized carbons (Fsp3) is 0.579. The Morgan fingerprint density at radius 2 is 1.72 bits per heavy atom. The Morgan fingerprint density at radius 1 is 1.16 bits per heavy atom. The Labute approximate surface area is 150 Å². The summed E-state index contributed by atoms with van der Waals surface area (Å²) in [6, 6.07) is 6.88. The third-order valence-electron chi connectivity index (χ3n) is 3.82. The van der Waals surface area contributed by atoms with Gasteiger partial charge in [-0.05, 0) is 51.0 Å². The van der Waals surface area contributed by atoms with Crippen LogP contribution in [0, 0.1) is 5.92 Å². The number of alkyl carbamates (subject to hydrolysis) is 1. The highest BCUT2D eigenvalue weighted by Crippen LogP contribution is 2.17. The largest absolute Gasteiger partial charge is 0.444 e. The molecule has 140 valence electrons. The molecule has 2 atom stereocenters. The van der Waals surface area contributed by atoms with E-state index >= 15 is 0 Å². The Kier molecular flexibility index (Phi) is 7.27. The average Bonchev–Trinajstić information content (AvgIpc) is 2.50. The minimum absolute atomic E-state index is 0.0198. The van der Waals surface area contributed by atoms with Crippen molar-refractivity contribution in [2.75, 3.05) is 24.3 Å². The average molecular weight is 349 g/mol. The molecule has 0 aliphatic rings. The normalized spacial score (nSPS) is 13.6. The molecule has 1 rings (SSSR count). The van der Waals surface area contributed by atoms with Gasteiger partial charge in [-0.15, -0.1) is 0 Å². The van der Waals surface area contributed by atoms with Gasteiger partial charge in [0.05, 0.1) is 0 Å². The molecule has 0 saturated carbocycles. The summed E-state index contributed by atoms with van der Waals surface area (Å²) in [5, 5.41) is 5.56. The van der Waals surface area contributed by atoms with Crippen LogP contribution in [0.4, 0.5) is 16.2 Å². The summed E-state index contributed by atoms with van der Waals surface area (Å²) in [6.45, 7) is 9.27. The van der Waals surface area contributed by atoms with Crippen LogP contribution in [-0.2, 0) is 9.53 Å². The number of benzene rings is 1. The molecule has 1 aromatic carbocycles. The first-order valence-corrected chi connectivity index (χ1v) is 8.61. The third kappa shape index (κ3) is 7.03. The van der Waals surface area contributed by atoms with Crippen LogP contribution in [0.15, 0.2) is 24.3 Å². The summed E-state index contributed by atoms with van der Waals surface area (Å²) in [6.07, 6.45) is 0.170. The van der Waals surface area contributed by atoms with Gasteiger partial charge in [0.1, 0.15) is 11.6 Å². The van der Waals surface area contributed by atoms with Gasteiger partial charge in [0.15, 0.2) is 0 Å². The van der Waals surface area contributed by atoms with Crippen LogP contribution in [0.2, 0.25) is 0 Å². The Balaban J connectivity index is 2.81. The summed E-state index contributed by atoms with van der Waals surface area (Å²) >= 11 is 0.